The summed E-state index contributed by atoms with van der Waals surface area (Å²) in [6, 6.07) is 5.53. The van der Waals surface area contributed by atoms with E-state index in [1.165, 1.54) is 17.4 Å². The molecule has 1 aromatic carbocycles. The number of benzene rings is 1. The summed E-state index contributed by atoms with van der Waals surface area (Å²) in [6.07, 6.45) is 0. The largest absolute Gasteiger partial charge is 0.354 e. The van der Waals surface area contributed by atoms with Crippen LogP contribution < -0.4 is 10.6 Å². The van der Waals surface area contributed by atoms with E-state index < -0.39 is 11.6 Å². The zero-order valence-electron chi connectivity index (χ0n) is 11.2. The summed E-state index contributed by atoms with van der Waals surface area (Å²) in [6.45, 7) is 2.64. The Labute approximate surface area is 123 Å². The molecule has 3 rings (SSSR count). The summed E-state index contributed by atoms with van der Waals surface area (Å²) in [7, 11) is 0. The average molecular weight is 306 g/mol. The molecule has 2 aromatic heterocycles. The molecule has 0 saturated heterocycles. The quantitative estimate of drug-likeness (QED) is 0.760. The molecule has 7 heteroatoms. The van der Waals surface area contributed by atoms with Crippen LogP contribution in [0.4, 0.5) is 26.2 Å². The fourth-order valence-corrected chi connectivity index (χ4v) is 2.66. The van der Waals surface area contributed by atoms with Gasteiger partial charge >= 0.3 is 0 Å². The Balaban J connectivity index is 2.01. The smallest absolute Gasteiger partial charge is 0.226 e. The number of halogens is 2. The SMILES string of the molecule is CCNc1nc(Nc2ccc(F)c(F)c2)c2ccsc2n1. The first-order valence-electron chi connectivity index (χ1n) is 6.38. The monoisotopic (exact) mass is 306 g/mol. The molecule has 3 aromatic rings. The van der Waals surface area contributed by atoms with E-state index in [0.29, 0.717) is 24.0 Å². The van der Waals surface area contributed by atoms with Crippen LogP contribution in [0.3, 0.4) is 0 Å². The van der Waals surface area contributed by atoms with Crippen molar-refractivity contribution < 1.29 is 8.78 Å². The van der Waals surface area contributed by atoms with Gasteiger partial charge in [-0.2, -0.15) is 4.98 Å². The number of rotatable bonds is 4. The van der Waals surface area contributed by atoms with Crippen LogP contribution in [-0.2, 0) is 0 Å². The highest BCUT2D eigenvalue weighted by Crippen LogP contribution is 2.29. The van der Waals surface area contributed by atoms with E-state index in [1.54, 1.807) is 0 Å². The maximum Gasteiger partial charge on any atom is 0.226 e. The normalized spacial score (nSPS) is 10.8. The topological polar surface area (TPSA) is 49.8 Å². The van der Waals surface area contributed by atoms with Crippen molar-refractivity contribution in [3.63, 3.8) is 0 Å². The van der Waals surface area contributed by atoms with E-state index in [9.17, 15) is 8.78 Å². The minimum Gasteiger partial charge on any atom is -0.354 e. The second-order valence-electron chi connectivity index (χ2n) is 4.32. The van der Waals surface area contributed by atoms with Crippen LogP contribution in [0, 0.1) is 11.6 Å². The van der Waals surface area contributed by atoms with Gasteiger partial charge in [0, 0.05) is 18.3 Å². The maximum absolute atomic E-state index is 13.3. The fourth-order valence-electron chi connectivity index (χ4n) is 1.90. The van der Waals surface area contributed by atoms with Crippen molar-refractivity contribution in [2.75, 3.05) is 17.2 Å². The second-order valence-corrected chi connectivity index (χ2v) is 5.21. The summed E-state index contributed by atoms with van der Waals surface area (Å²) in [4.78, 5) is 9.57. The number of nitrogens with one attached hydrogen (secondary N) is 2. The Morgan fingerprint density at radius 1 is 1.14 bits per heavy atom. The molecule has 0 radical (unpaired) electrons. The van der Waals surface area contributed by atoms with Gasteiger partial charge in [0.15, 0.2) is 11.6 Å². The molecule has 0 fully saturated rings. The van der Waals surface area contributed by atoms with E-state index in [0.717, 1.165) is 22.3 Å². The molecule has 0 bridgehead atoms. The van der Waals surface area contributed by atoms with Gasteiger partial charge < -0.3 is 10.6 Å². The molecule has 108 valence electrons. The third kappa shape index (κ3) is 2.78. The minimum absolute atomic E-state index is 0.433. The zero-order chi connectivity index (χ0) is 14.8. The van der Waals surface area contributed by atoms with Crippen molar-refractivity contribution in [2.24, 2.45) is 0 Å². The molecule has 21 heavy (non-hydrogen) atoms. The van der Waals surface area contributed by atoms with Crippen molar-refractivity contribution in [3.8, 4) is 0 Å². The van der Waals surface area contributed by atoms with Gasteiger partial charge in [0.05, 0.1) is 5.39 Å². The maximum atomic E-state index is 13.3. The van der Waals surface area contributed by atoms with Gasteiger partial charge in [0.2, 0.25) is 5.95 Å². The molecule has 0 saturated carbocycles. The van der Waals surface area contributed by atoms with E-state index in [2.05, 4.69) is 20.6 Å². The van der Waals surface area contributed by atoms with Crippen molar-refractivity contribution in [3.05, 3.63) is 41.3 Å². The van der Waals surface area contributed by atoms with Crippen LogP contribution in [0.1, 0.15) is 6.92 Å². The third-order valence-corrected chi connectivity index (χ3v) is 3.65. The van der Waals surface area contributed by atoms with Crippen molar-refractivity contribution in [1.82, 2.24) is 9.97 Å². The summed E-state index contributed by atoms with van der Waals surface area (Å²) in [5.74, 6) is -0.722. The number of fused-ring (bicyclic) bond motifs is 1. The van der Waals surface area contributed by atoms with E-state index in [4.69, 9.17) is 0 Å². The van der Waals surface area contributed by atoms with Gasteiger partial charge in [0.1, 0.15) is 10.6 Å². The van der Waals surface area contributed by atoms with Crippen molar-refractivity contribution in [1.29, 1.82) is 0 Å². The Hall–Kier alpha value is -2.28. The molecule has 0 amide bonds. The lowest BCUT2D eigenvalue weighted by atomic mass is 10.3. The van der Waals surface area contributed by atoms with Crippen LogP contribution in [0.2, 0.25) is 0 Å². The Kier molecular flexibility index (Phi) is 3.66. The summed E-state index contributed by atoms with van der Waals surface area (Å²) < 4.78 is 26.2. The van der Waals surface area contributed by atoms with Crippen LogP contribution >= 0.6 is 11.3 Å². The molecule has 0 unspecified atom stereocenters. The van der Waals surface area contributed by atoms with Gasteiger partial charge in [-0.3, -0.25) is 0 Å². The first-order valence-corrected chi connectivity index (χ1v) is 7.26. The highest BCUT2D eigenvalue weighted by Gasteiger charge is 2.10. The van der Waals surface area contributed by atoms with Crippen molar-refractivity contribution >= 4 is 39.0 Å². The number of hydrogen-bond donors (Lipinski definition) is 2. The predicted molar refractivity (Wildman–Crippen MR) is 81.2 cm³/mol. The molecular weight excluding hydrogens is 294 g/mol. The molecule has 0 aliphatic heterocycles. The molecule has 0 aliphatic rings. The Bertz CT molecular complexity index is 788. The van der Waals surface area contributed by atoms with E-state index in [-0.39, 0.29) is 0 Å². The molecule has 0 spiro atoms. The lowest BCUT2D eigenvalue weighted by Crippen LogP contribution is -2.04. The fraction of sp³-hybridized carbons (Fsp3) is 0.143. The lowest BCUT2D eigenvalue weighted by Gasteiger charge is -2.09. The summed E-state index contributed by atoms with van der Waals surface area (Å²) in [5.41, 5.74) is 0.433. The van der Waals surface area contributed by atoms with Gasteiger partial charge in [-0.15, -0.1) is 11.3 Å². The molecular formula is C14H12F2N4S. The van der Waals surface area contributed by atoms with Crippen molar-refractivity contribution in [2.45, 2.75) is 6.92 Å². The predicted octanol–water partition coefficient (Wildman–Crippen LogP) is 4.14. The first-order chi connectivity index (χ1) is 10.2. The average Bonchev–Trinajstić information content (AvgIpc) is 2.92. The highest BCUT2D eigenvalue weighted by molar-refractivity contribution is 7.16. The zero-order valence-corrected chi connectivity index (χ0v) is 12.0. The van der Waals surface area contributed by atoms with Crippen LogP contribution in [-0.4, -0.2) is 16.5 Å². The Morgan fingerprint density at radius 2 is 2.00 bits per heavy atom. The Morgan fingerprint density at radius 3 is 2.76 bits per heavy atom. The molecule has 4 nitrogen and oxygen atoms in total. The van der Waals surface area contributed by atoms with E-state index >= 15 is 0 Å². The van der Waals surface area contributed by atoms with E-state index in [1.807, 2.05) is 18.4 Å². The lowest BCUT2D eigenvalue weighted by molar-refractivity contribution is 0.509. The third-order valence-electron chi connectivity index (χ3n) is 2.84. The standard InChI is InChI=1S/C14H12F2N4S/c1-2-17-14-19-12(9-5-6-21-13(9)20-14)18-8-3-4-10(15)11(16)7-8/h3-7H,2H2,1H3,(H2,17,18,19,20). The molecule has 0 aliphatic carbocycles. The molecule has 2 N–H and O–H groups in total. The highest BCUT2D eigenvalue weighted by atomic mass is 32.1. The first kappa shape index (κ1) is 13.7. The van der Waals surface area contributed by atoms with Crippen LogP contribution in [0.5, 0.6) is 0 Å². The number of thiophene rings is 1. The van der Waals surface area contributed by atoms with Crippen LogP contribution in [0.15, 0.2) is 29.6 Å². The molecule has 0 atom stereocenters. The minimum atomic E-state index is -0.900. The number of hydrogen-bond acceptors (Lipinski definition) is 5. The van der Waals surface area contributed by atoms with Gasteiger partial charge in [0.25, 0.3) is 0 Å². The number of anilines is 3. The summed E-state index contributed by atoms with van der Waals surface area (Å²) in [5, 5.41) is 8.80. The number of aromatic nitrogens is 2. The molecule has 2 heterocycles. The number of nitrogens with zero attached hydrogens (tertiary/aromatic N) is 2. The van der Waals surface area contributed by atoms with Gasteiger partial charge in [-0.1, -0.05) is 0 Å². The van der Waals surface area contributed by atoms with Gasteiger partial charge in [-0.25, -0.2) is 13.8 Å². The van der Waals surface area contributed by atoms with Crippen LogP contribution in [0.25, 0.3) is 10.2 Å². The van der Waals surface area contributed by atoms with Gasteiger partial charge in [-0.05, 0) is 30.5 Å². The summed E-state index contributed by atoms with van der Waals surface area (Å²) >= 11 is 1.49. The second kappa shape index (κ2) is 5.61.